The van der Waals surface area contributed by atoms with Crippen molar-refractivity contribution in [1.82, 2.24) is 15.5 Å². The zero-order valence-electron chi connectivity index (χ0n) is 15.8. The van der Waals surface area contributed by atoms with Gasteiger partial charge in [-0.3, -0.25) is 4.99 Å². The predicted octanol–water partition coefficient (Wildman–Crippen LogP) is 2.21. The summed E-state index contributed by atoms with van der Waals surface area (Å²) in [6, 6.07) is 0. The molecule has 5 nitrogen and oxygen atoms in total. The highest BCUT2D eigenvalue weighted by molar-refractivity contribution is 5.79. The molecule has 0 spiro atoms. The van der Waals surface area contributed by atoms with Crippen molar-refractivity contribution in [2.24, 2.45) is 4.99 Å². The minimum atomic E-state index is -0.642. The van der Waals surface area contributed by atoms with Crippen LogP contribution in [0, 0.1) is 0 Å². The van der Waals surface area contributed by atoms with Gasteiger partial charge in [-0.2, -0.15) is 0 Å². The number of aliphatic imine (C=N–C) groups is 1. The number of hydrogen-bond donors (Lipinski definition) is 3. The van der Waals surface area contributed by atoms with Gasteiger partial charge in [0.05, 0.1) is 12.1 Å². The van der Waals surface area contributed by atoms with Gasteiger partial charge in [0.1, 0.15) is 0 Å². The molecule has 0 aliphatic rings. The first kappa shape index (κ1) is 21.2. The molecule has 0 aromatic rings. The van der Waals surface area contributed by atoms with Gasteiger partial charge in [-0.1, -0.05) is 26.7 Å². The Balaban J connectivity index is 4.75. The zero-order chi connectivity index (χ0) is 17.2. The van der Waals surface area contributed by atoms with Crippen molar-refractivity contribution in [3.05, 3.63) is 0 Å². The van der Waals surface area contributed by atoms with Crippen molar-refractivity contribution >= 4 is 5.96 Å². The van der Waals surface area contributed by atoms with Crippen molar-refractivity contribution in [3.8, 4) is 0 Å². The zero-order valence-corrected chi connectivity index (χ0v) is 15.8. The number of aliphatic hydroxyl groups is 1. The molecule has 5 heteroatoms. The highest BCUT2D eigenvalue weighted by Crippen LogP contribution is 2.18. The van der Waals surface area contributed by atoms with E-state index in [4.69, 9.17) is 0 Å². The minimum absolute atomic E-state index is 0.00545. The van der Waals surface area contributed by atoms with Crippen molar-refractivity contribution in [2.75, 3.05) is 33.7 Å². The van der Waals surface area contributed by atoms with Gasteiger partial charge in [0, 0.05) is 18.6 Å². The van der Waals surface area contributed by atoms with Crippen molar-refractivity contribution < 1.29 is 5.11 Å². The molecule has 0 saturated carbocycles. The third-order valence-electron chi connectivity index (χ3n) is 4.19. The van der Waals surface area contributed by atoms with E-state index in [2.05, 4.69) is 69.2 Å². The van der Waals surface area contributed by atoms with Crippen molar-refractivity contribution in [2.45, 2.75) is 71.4 Å². The fourth-order valence-corrected chi connectivity index (χ4v) is 2.24. The maximum absolute atomic E-state index is 10.7. The van der Waals surface area contributed by atoms with Crippen LogP contribution >= 0.6 is 0 Å². The van der Waals surface area contributed by atoms with Gasteiger partial charge in [-0.15, -0.1) is 0 Å². The fraction of sp³-hybridized carbons (Fsp3) is 0.941. The molecule has 0 amide bonds. The van der Waals surface area contributed by atoms with Gasteiger partial charge in [-0.25, -0.2) is 0 Å². The van der Waals surface area contributed by atoms with Crippen LogP contribution in [0.4, 0.5) is 0 Å². The van der Waals surface area contributed by atoms with Crippen LogP contribution in [0.25, 0.3) is 0 Å². The van der Waals surface area contributed by atoms with Crippen molar-refractivity contribution in [1.29, 1.82) is 0 Å². The summed E-state index contributed by atoms with van der Waals surface area (Å²) in [5.74, 6) is 0.781. The molecule has 0 aromatic heterocycles. The fourth-order valence-electron chi connectivity index (χ4n) is 2.24. The molecular weight excluding hydrogens is 276 g/mol. The van der Waals surface area contributed by atoms with Crippen LogP contribution in [0.15, 0.2) is 4.99 Å². The molecular formula is C17H38N4O. The third-order valence-corrected chi connectivity index (χ3v) is 4.19. The van der Waals surface area contributed by atoms with Gasteiger partial charge in [0.15, 0.2) is 5.96 Å². The molecule has 3 N–H and O–H groups in total. The lowest BCUT2D eigenvalue weighted by Gasteiger charge is -2.32. The van der Waals surface area contributed by atoms with Crippen LogP contribution in [0.2, 0.25) is 0 Å². The van der Waals surface area contributed by atoms with Gasteiger partial charge >= 0.3 is 0 Å². The lowest BCUT2D eigenvalue weighted by atomic mass is 9.93. The Morgan fingerprint density at radius 3 is 2.00 bits per heavy atom. The molecule has 0 rings (SSSR count). The Kier molecular flexibility index (Phi) is 9.69. The summed E-state index contributed by atoms with van der Waals surface area (Å²) >= 11 is 0. The van der Waals surface area contributed by atoms with E-state index >= 15 is 0 Å². The van der Waals surface area contributed by atoms with Gasteiger partial charge < -0.3 is 20.6 Å². The summed E-state index contributed by atoms with van der Waals surface area (Å²) < 4.78 is 0. The topological polar surface area (TPSA) is 59.9 Å². The van der Waals surface area contributed by atoms with Gasteiger partial charge in [-0.05, 0) is 47.7 Å². The number of hydrogen-bond acceptors (Lipinski definition) is 3. The summed E-state index contributed by atoms with van der Waals surface area (Å²) in [4.78, 5) is 6.84. The number of nitrogens with one attached hydrogen (secondary N) is 2. The molecule has 0 unspecified atom stereocenters. The minimum Gasteiger partial charge on any atom is -0.388 e. The van der Waals surface area contributed by atoms with Crippen LogP contribution < -0.4 is 10.6 Å². The second-order valence-electron chi connectivity index (χ2n) is 6.98. The molecule has 0 fully saturated rings. The second-order valence-corrected chi connectivity index (χ2v) is 6.98. The molecule has 0 aliphatic heterocycles. The number of likely N-dealkylation sites (N-methyl/N-ethyl adjacent to an activating group) is 1. The number of nitrogens with zero attached hydrogens (tertiary/aromatic N) is 2. The predicted molar refractivity (Wildman–Crippen MR) is 96.5 cm³/mol. The molecule has 0 heterocycles. The van der Waals surface area contributed by atoms with Crippen LogP contribution in [0.1, 0.15) is 60.3 Å². The summed E-state index contributed by atoms with van der Waals surface area (Å²) in [7, 11) is 4.13. The lowest BCUT2D eigenvalue weighted by molar-refractivity contribution is 0.0257. The number of guanidine groups is 1. The first-order valence-corrected chi connectivity index (χ1v) is 8.62. The van der Waals surface area contributed by atoms with E-state index in [1.54, 1.807) is 0 Å². The Labute approximate surface area is 137 Å². The maximum atomic E-state index is 10.7. The molecule has 0 aliphatic carbocycles. The van der Waals surface area contributed by atoms with Gasteiger partial charge in [0.25, 0.3) is 0 Å². The Morgan fingerprint density at radius 2 is 1.59 bits per heavy atom. The van der Waals surface area contributed by atoms with Crippen LogP contribution in [0.5, 0.6) is 0 Å². The quantitative estimate of drug-likeness (QED) is 0.427. The highest BCUT2D eigenvalue weighted by atomic mass is 16.3. The average molecular weight is 315 g/mol. The molecule has 132 valence electrons. The number of rotatable bonds is 10. The van der Waals surface area contributed by atoms with Crippen LogP contribution in [-0.4, -0.2) is 60.8 Å². The van der Waals surface area contributed by atoms with Crippen LogP contribution in [0.3, 0.4) is 0 Å². The first-order chi connectivity index (χ1) is 10.2. The Bertz CT molecular complexity index is 321. The summed E-state index contributed by atoms with van der Waals surface area (Å²) in [5.41, 5.74) is -0.637. The SMILES string of the molecule is CCCC(O)(CCC)CNC(=NCC(C)(C)N(C)C)NCC. The highest BCUT2D eigenvalue weighted by Gasteiger charge is 2.25. The molecule has 0 radical (unpaired) electrons. The smallest absolute Gasteiger partial charge is 0.191 e. The van der Waals surface area contributed by atoms with E-state index in [-0.39, 0.29) is 5.54 Å². The normalized spacial score (nSPS) is 13.6. The monoisotopic (exact) mass is 314 g/mol. The van der Waals surface area contributed by atoms with Crippen molar-refractivity contribution in [3.63, 3.8) is 0 Å². The van der Waals surface area contributed by atoms with E-state index in [0.717, 1.165) is 38.2 Å². The third kappa shape index (κ3) is 7.99. The standard InChI is InChI=1S/C17H38N4O/c1-8-11-17(22,12-9-2)14-20-15(18-10-3)19-13-16(4,5)21(6)7/h22H,8-14H2,1-7H3,(H2,18,19,20). The average Bonchev–Trinajstić information content (AvgIpc) is 2.42. The molecule has 0 saturated heterocycles. The first-order valence-electron chi connectivity index (χ1n) is 8.62. The van der Waals surface area contributed by atoms with Gasteiger partial charge in [0.2, 0.25) is 0 Å². The van der Waals surface area contributed by atoms with E-state index in [9.17, 15) is 5.11 Å². The molecule has 0 aromatic carbocycles. The van der Waals surface area contributed by atoms with E-state index < -0.39 is 5.60 Å². The second kappa shape index (κ2) is 10.1. The van der Waals surface area contributed by atoms with Crippen LogP contribution in [-0.2, 0) is 0 Å². The molecule has 0 atom stereocenters. The van der Waals surface area contributed by atoms with E-state index in [1.165, 1.54) is 0 Å². The Morgan fingerprint density at radius 1 is 1.05 bits per heavy atom. The lowest BCUT2D eigenvalue weighted by Crippen LogP contribution is -2.48. The molecule has 22 heavy (non-hydrogen) atoms. The van der Waals surface area contributed by atoms with E-state index in [1.807, 2.05) is 0 Å². The maximum Gasteiger partial charge on any atom is 0.191 e. The molecule has 0 bridgehead atoms. The Hall–Kier alpha value is -0.810. The summed E-state index contributed by atoms with van der Waals surface area (Å²) in [6.45, 7) is 12.7. The largest absolute Gasteiger partial charge is 0.388 e. The van der Waals surface area contributed by atoms with E-state index in [0.29, 0.717) is 13.1 Å². The summed E-state index contributed by atoms with van der Waals surface area (Å²) in [6.07, 6.45) is 3.60. The summed E-state index contributed by atoms with van der Waals surface area (Å²) in [5, 5.41) is 17.3.